The molecule has 0 amide bonds. The second-order valence-corrected chi connectivity index (χ2v) is 4.36. The molecule has 1 aliphatic carbocycles. The highest BCUT2D eigenvalue weighted by atomic mass is 16.4. The Kier molecular flexibility index (Phi) is 2.54. The molecular weight excluding hydrogens is 166 g/mol. The highest BCUT2D eigenvalue weighted by molar-refractivity contribution is 5.67. The molecule has 0 bridgehead atoms. The van der Waals surface area contributed by atoms with Crippen LogP contribution >= 0.6 is 0 Å². The number of hydrogen-bond donors (Lipinski definition) is 1. The van der Waals surface area contributed by atoms with E-state index in [2.05, 4.69) is 4.90 Å². The molecule has 0 aromatic rings. The molecule has 13 heavy (non-hydrogen) atoms. The summed E-state index contributed by atoms with van der Waals surface area (Å²) in [4.78, 5) is 12.9. The van der Waals surface area contributed by atoms with Crippen molar-refractivity contribution in [3.8, 4) is 0 Å². The molecule has 1 heterocycles. The maximum atomic E-state index is 10.4. The summed E-state index contributed by atoms with van der Waals surface area (Å²) in [5.41, 5.74) is 0. The Morgan fingerprint density at radius 3 is 2.46 bits per heavy atom. The molecule has 0 spiro atoms. The molecule has 2 rings (SSSR count). The lowest BCUT2D eigenvalue weighted by molar-refractivity contribution is -0.139. The minimum absolute atomic E-state index is 0.364. The van der Waals surface area contributed by atoms with Crippen molar-refractivity contribution in [2.75, 3.05) is 13.1 Å². The zero-order valence-electron chi connectivity index (χ0n) is 7.91. The first-order valence-corrected chi connectivity index (χ1v) is 5.21. The predicted octanol–water partition coefficient (Wildman–Crippen LogP) is 1.34. The molecule has 2 fully saturated rings. The van der Waals surface area contributed by atoms with Crippen LogP contribution in [-0.4, -0.2) is 35.1 Å². The van der Waals surface area contributed by atoms with Crippen molar-refractivity contribution in [1.29, 1.82) is 0 Å². The smallest absolute Gasteiger partial charge is 0.303 e. The first-order chi connectivity index (χ1) is 6.25. The quantitative estimate of drug-likeness (QED) is 0.717. The summed E-state index contributed by atoms with van der Waals surface area (Å²) in [7, 11) is 0. The average Bonchev–Trinajstić information content (AvgIpc) is 2.46. The summed E-state index contributed by atoms with van der Waals surface area (Å²) in [6, 6.07) is 0.782. The number of carboxylic acids is 1. The lowest BCUT2D eigenvalue weighted by Gasteiger charge is -2.42. The van der Waals surface area contributed by atoms with Crippen molar-refractivity contribution in [2.24, 2.45) is 5.92 Å². The summed E-state index contributed by atoms with van der Waals surface area (Å²) >= 11 is 0. The second-order valence-electron chi connectivity index (χ2n) is 4.36. The van der Waals surface area contributed by atoms with Gasteiger partial charge < -0.3 is 5.11 Å². The number of nitrogens with zero attached hydrogens (tertiary/aromatic N) is 1. The van der Waals surface area contributed by atoms with Crippen molar-refractivity contribution in [3.63, 3.8) is 0 Å². The van der Waals surface area contributed by atoms with Crippen LogP contribution < -0.4 is 0 Å². The van der Waals surface area contributed by atoms with Gasteiger partial charge in [-0.3, -0.25) is 9.69 Å². The van der Waals surface area contributed by atoms with Gasteiger partial charge in [0.25, 0.3) is 0 Å². The molecule has 3 heteroatoms. The number of carbonyl (C=O) groups is 1. The molecule has 0 radical (unpaired) electrons. The molecular formula is C10H17NO2. The van der Waals surface area contributed by atoms with Gasteiger partial charge in [0, 0.05) is 19.1 Å². The van der Waals surface area contributed by atoms with Crippen LogP contribution in [0.5, 0.6) is 0 Å². The van der Waals surface area contributed by atoms with Crippen LogP contribution in [0.3, 0.4) is 0 Å². The van der Waals surface area contributed by atoms with E-state index in [1.807, 2.05) is 0 Å². The summed E-state index contributed by atoms with van der Waals surface area (Å²) in [6.07, 6.45) is 5.76. The highest BCUT2D eigenvalue weighted by Gasteiger charge is 2.34. The van der Waals surface area contributed by atoms with E-state index in [-0.39, 0.29) is 0 Å². The van der Waals surface area contributed by atoms with Gasteiger partial charge in [-0.1, -0.05) is 12.8 Å². The Morgan fingerprint density at radius 1 is 1.31 bits per heavy atom. The van der Waals surface area contributed by atoms with E-state index in [1.54, 1.807) is 0 Å². The van der Waals surface area contributed by atoms with Gasteiger partial charge in [0.2, 0.25) is 0 Å². The molecule has 1 saturated heterocycles. The van der Waals surface area contributed by atoms with Gasteiger partial charge in [0.1, 0.15) is 0 Å². The number of hydrogen-bond acceptors (Lipinski definition) is 2. The molecule has 1 saturated carbocycles. The van der Waals surface area contributed by atoms with Gasteiger partial charge >= 0.3 is 5.97 Å². The van der Waals surface area contributed by atoms with Crippen LogP contribution in [0.25, 0.3) is 0 Å². The van der Waals surface area contributed by atoms with Crippen molar-refractivity contribution >= 4 is 5.97 Å². The highest BCUT2D eigenvalue weighted by Crippen LogP contribution is 2.30. The third-order valence-corrected chi connectivity index (χ3v) is 3.29. The van der Waals surface area contributed by atoms with Crippen LogP contribution in [0.2, 0.25) is 0 Å². The topological polar surface area (TPSA) is 40.5 Å². The fourth-order valence-electron chi connectivity index (χ4n) is 2.55. The number of rotatable bonds is 3. The zero-order valence-corrected chi connectivity index (χ0v) is 7.91. The van der Waals surface area contributed by atoms with Crippen molar-refractivity contribution in [1.82, 2.24) is 4.90 Å². The molecule has 1 N–H and O–H groups in total. The van der Waals surface area contributed by atoms with Gasteiger partial charge in [-0.15, -0.1) is 0 Å². The van der Waals surface area contributed by atoms with Gasteiger partial charge in [-0.05, 0) is 18.8 Å². The van der Waals surface area contributed by atoms with Crippen LogP contribution in [0.1, 0.15) is 32.1 Å². The first-order valence-electron chi connectivity index (χ1n) is 5.21. The normalized spacial score (nSPS) is 26.2. The van der Waals surface area contributed by atoms with Crippen molar-refractivity contribution in [3.05, 3.63) is 0 Å². The van der Waals surface area contributed by atoms with Crippen molar-refractivity contribution < 1.29 is 9.90 Å². The van der Waals surface area contributed by atoms with Crippen LogP contribution in [-0.2, 0) is 4.79 Å². The number of carboxylic acid groups (broad SMARTS) is 1. The summed E-state index contributed by atoms with van der Waals surface area (Å²) < 4.78 is 0. The fraction of sp³-hybridized carbons (Fsp3) is 0.900. The van der Waals surface area contributed by atoms with E-state index in [0.29, 0.717) is 12.3 Å². The van der Waals surface area contributed by atoms with E-state index < -0.39 is 5.97 Å². The van der Waals surface area contributed by atoms with Crippen molar-refractivity contribution in [2.45, 2.75) is 38.1 Å². The Labute approximate surface area is 78.7 Å². The fourth-order valence-corrected chi connectivity index (χ4v) is 2.55. The van der Waals surface area contributed by atoms with E-state index in [0.717, 1.165) is 19.1 Å². The maximum absolute atomic E-state index is 10.4. The van der Waals surface area contributed by atoms with Gasteiger partial charge in [-0.2, -0.15) is 0 Å². The third kappa shape index (κ3) is 2.02. The van der Waals surface area contributed by atoms with Gasteiger partial charge in [0.15, 0.2) is 0 Å². The monoisotopic (exact) mass is 183 g/mol. The predicted molar refractivity (Wildman–Crippen MR) is 49.6 cm³/mol. The largest absolute Gasteiger partial charge is 0.481 e. The summed E-state index contributed by atoms with van der Waals surface area (Å²) in [5.74, 6) is -0.214. The molecule has 0 atom stereocenters. The maximum Gasteiger partial charge on any atom is 0.303 e. The van der Waals surface area contributed by atoms with Gasteiger partial charge in [-0.25, -0.2) is 0 Å². The van der Waals surface area contributed by atoms with Crippen LogP contribution in [0.4, 0.5) is 0 Å². The number of likely N-dealkylation sites (tertiary alicyclic amines) is 1. The Balaban J connectivity index is 1.68. The van der Waals surface area contributed by atoms with E-state index in [9.17, 15) is 4.79 Å². The molecule has 1 aliphatic heterocycles. The molecule has 0 unspecified atom stereocenters. The van der Waals surface area contributed by atoms with E-state index >= 15 is 0 Å². The SMILES string of the molecule is O=C(O)CC1CN(C2CCCC2)C1. The molecule has 2 aliphatic rings. The Bertz CT molecular complexity index is 193. The lowest BCUT2D eigenvalue weighted by Crippen LogP contribution is -2.51. The minimum Gasteiger partial charge on any atom is -0.481 e. The molecule has 74 valence electrons. The Morgan fingerprint density at radius 2 is 1.92 bits per heavy atom. The molecule has 3 nitrogen and oxygen atoms in total. The zero-order chi connectivity index (χ0) is 9.26. The summed E-state index contributed by atoms with van der Waals surface area (Å²) in [5, 5.41) is 8.58. The average molecular weight is 183 g/mol. The second kappa shape index (κ2) is 3.66. The first kappa shape index (κ1) is 9.00. The summed E-state index contributed by atoms with van der Waals surface area (Å²) in [6.45, 7) is 2.05. The Hall–Kier alpha value is -0.570. The lowest BCUT2D eigenvalue weighted by atomic mass is 9.94. The minimum atomic E-state index is -0.643. The standard InChI is InChI=1S/C10H17NO2/c12-10(13)5-8-6-11(7-8)9-3-1-2-4-9/h8-9H,1-7H2,(H,12,13). The molecule has 0 aromatic heterocycles. The van der Waals surface area contributed by atoms with Gasteiger partial charge in [0.05, 0.1) is 6.42 Å². The third-order valence-electron chi connectivity index (χ3n) is 3.29. The van der Waals surface area contributed by atoms with E-state index in [4.69, 9.17) is 5.11 Å². The van der Waals surface area contributed by atoms with Crippen LogP contribution in [0.15, 0.2) is 0 Å². The molecule has 0 aromatic carbocycles. The van der Waals surface area contributed by atoms with Crippen LogP contribution in [0, 0.1) is 5.92 Å². The van der Waals surface area contributed by atoms with E-state index in [1.165, 1.54) is 25.7 Å². The number of aliphatic carboxylic acids is 1.